The number of carbonyl (C=O) groups is 1. The summed E-state index contributed by atoms with van der Waals surface area (Å²) in [5.41, 5.74) is 2.25. The lowest BCUT2D eigenvalue weighted by Crippen LogP contribution is -2.12. The van der Waals surface area contributed by atoms with Crippen molar-refractivity contribution in [2.45, 2.75) is 32.6 Å². The summed E-state index contributed by atoms with van der Waals surface area (Å²) < 4.78 is 4.63. The fourth-order valence-corrected chi connectivity index (χ4v) is 2.16. The van der Waals surface area contributed by atoms with Gasteiger partial charge in [-0.2, -0.15) is 0 Å². The first-order chi connectivity index (χ1) is 9.19. The Morgan fingerprint density at radius 2 is 2.32 bits per heavy atom. The summed E-state index contributed by atoms with van der Waals surface area (Å²) in [5.74, 6) is 0.266. The van der Waals surface area contributed by atoms with Crippen molar-refractivity contribution in [1.82, 2.24) is 9.97 Å². The molecule has 1 aromatic heterocycles. The Morgan fingerprint density at radius 1 is 1.47 bits per heavy atom. The van der Waals surface area contributed by atoms with Gasteiger partial charge >= 0.3 is 5.97 Å². The standard InChI is InChI=1S/C14H19N3O2/c1-10-9-12(17-13(16-10)14(18)19-2)15-8-7-11-5-3-4-6-11/h5,9H,3-4,6-8H2,1-2H3,(H,15,16,17). The van der Waals surface area contributed by atoms with Crippen molar-refractivity contribution in [2.75, 3.05) is 19.0 Å². The van der Waals surface area contributed by atoms with Crippen molar-refractivity contribution < 1.29 is 9.53 Å². The molecule has 1 heterocycles. The molecule has 1 N–H and O–H groups in total. The van der Waals surface area contributed by atoms with Crippen molar-refractivity contribution in [3.8, 4) is 0 Å². The Balaban J connectivity index is 1.95. The monoisotopic (exact) mass is 261 g/mol. The van der Waals surface area contributed by atoms with Gasteiger partial charge in [0.1, 0.15) is 5.82 Å². The van der Waals surface area contributed by atoms with Crippen LogP contribution in [-0.2, 0) is 4.74 Å². The Kier molecular flexibility index (Phi) is 4.49. The highest BCUT2D eigenvalue weighted by atomic mass is 16.5. The van der Waals surface area contributed by atoms with E-state index in [9.17, 15) is 4.79 Å². The topological polar surface area (TPSA) is 64.1 Å². The van der Waals surface area contributed by atoms with E-state index in [0.717, 1.165) is 18.7 Å². The third kappa shape index (κ3) is 3.77. The minimum atomic E-state index is -0.509. The van der Waals surface area contributed by atoms with E-state index in [1.54, 1.807) is 0 Å². The summed E-state index contributed by atoms with van der Waals surface area (Å²) >= 11 is 0. The zero-order chi connectivity index (χ0) is 13.7. The number of hydrogen-bond donors (Lipinski definition) is 1. The first-order valence-electron chi connectivity index (χ1n) is 6.55. The van der Waals surface area contributed by atoms with Crippen molar-refractivity contribution >= 4 is 11.8 Å². The number of ether oxygens (including phenoxy) is 1. The summed E-state index contributed by atoms with van der Waals surface area (Å²) in [4.78, 5) is 19.6. The van der Waals surface area contributed by atoms with E-state index in [-0.39, 0.29) is 5.82 Å². The second-order valence-electron chi connectivity index (χ2n) is 4.64. The van der Waals surface area contributed by atoms with Crippen LogP contribution in [0.1, 0.15) is 42.0 Å². The number of esters is 1. The van der Waals surface area contributed by atoms with Gasteiger partial charge in [-0.3, -0.25) is 0 Å². The van der Waals surface area contributed by atoms with Gasteiger partial charge in [0.05, 0.1) is 7.11 Å². The Labute approximate surface area is 113 Å². The smallest absolute Gasteiger partial charge is 0.376 e. The number of carbonyl (C=O) groups excluding carboxylic acids is 1. The maximum atomic E-state index is 11.4. The number of allylic oxidation sites excluding steroid dienone is 1. The second kappa shape index (κ2) is 6.31. The molecular formula is C14H19N3O2. The summed E-state index contributed by atoms with van der Waals surface area (Å²) in [5, 5.41) is 3.23. The van der Waals surface area contributed by atoms with Gasteiger partial charge in [-0.15, -0.1) is 0 Å². The molecule has 1 aliphatic carbocycles. The summed E-state index contributed by atoms with van der Waals surface area (Å²) in [6.45, 7) is 2.65. The van der Waals surface area contributed by atoms with Crippen molar-refractivity contribution in [1.29, 1.82) is 0 Å². The average molecular weight is 261 g/mol. The Bertz CT molecular complexity index is 497. The molecule has 1 aromatic rings. The molecule has 0 unspecified atom stereocenters. The van der Waals surface area contributed by atoms with E-state index in [1.165, 1.54) is 31.9 Å². The maximum Gasteiger partial charge on any atom is 0.376 e. The van der Waals surface area contributed by atoms with Gasteiger partial charge in [0, 0.05) is 18.3 Å². The highest BCUT2D eigenvalue weighted by Gasteiger charge is 2.11. The fourth-order valence-electron chi connectivity index (χ4n) is 2.16. The van der Waals surface area contributed by atoms with Crippen LogP contribution in [0.4, 0.5) is 5.82 Å². The molecule has 0 atom stereocenters. The van der Waals surface area contributed by atoms with Gasteiger partial charge in [-0.25, -0.2) is 14.8 Å². The normalized spacial score (nSPS) is 14.1. The Morgan fingerprint density at radius 3 is 3.00 bits per heavy atom. The molecule has 19 heavy (non-hydrogen) atoms. The number of aromatic nitrogens is 2. The molecular weight excluding hydrogens is 242 g/mol. The van der Waals surface area contributed by atoms with Crippen LogP contribution in [0.25, 0.3) is 0 Å². The molecule has 0 radical (unpaired) electrons. The van der Waals surface area contributed by atoms with Crippen LogP contribution >= 0.6 is 0 Å². The Hall–Kier alpha value is -1.91. The molecule has 0 saturated heterocycles. The summed E-state index contributed by atoms with van der Waals surface area (Å²) in [6.07, 6.45) is 7.02. The predicted octanol–water partition coefficient (Wildman–Crippen LogP) is 2.48. The van der Waals surface area contributed by atoms with Crippen LogP contribution in [0.5, 0.6) is 0 Å². The molecule has 5 nitrogen and oxygen atoms in total. The highest BCUT2D eigenvalue weighted by molar-refractivity contribution is 5.85. The van der Waals surface area contributed by atoms with Gasteiger partial charge in [0.15, 0.2) is 0 Å². The molecule has 0 aromatic carbocycles. The lowest BCUT2D eigenvalue weighted by molar-refractivity contribution is 0.0586. The first kappa shape index (κ1) is 13.5. The lowest BCUT2D eigenvalue weighted by atomic mass is 10.2. The van der Waals surface area contributed by atoms with E-state index in [0.29, 0.717) is 5.82 Å². The molecule has 102 valence electrons. The first-order valence-corrected chi connectivity index (χ1v) is 6.55. The van der Waals surface area contributed by atoms with Gasteiger partial charge in [-0.05, 0) is 32.6 Å². The quantitative estimate of drug-likeness (QED) is 0.651. The zero-order valence-corrected chi connectivity index (χ0v) is 11.4. The van der Waals surface area contributed by atoms with Crippen LogP contribution in [0.2, 0.25) is 0 Å². The van der Waals surface area contributed by atoms with E-state index < -0.39 is 5.97 Å². The lowest BCUT2D eigenvalue weighted by Gasteiger charge is -2.08. The van der Waals surface area contributed by atoms with E-state index >= 15 is 0 Å². The summed E-state index contributed by atoms with van der Waals surface area (Å²) in [6, 6.07) is 1.83. The second-order valence-corrected chi connectivity index (χ2v) is 4.64. The minimum absolute atomic E-state index is 0.102. The predicted molar refractivity (Wildman–Crippen MR) is 73.1 cm³/mol. The molecule has 2 rings (SSSR count). The molecule has 0 bridgehead atoms. The third-order valence-corrected chi connectivity index (χ3v) is 3.11. The molecule has 0 spiro atoms. The molecule has 5 heteroatoms. The van der Waals surface area contributed by atoms with Gasteiger partial charge in [0.25, 0.3) is 0 Å². The fraction of sp³-hybridized carbons (Fsp3) is 0.500. The van der Waals surface area contributed by atoms with Crippen LogP contribution in [0, 0.1) is 6.92 Å². The van der Waals surface area contributed by atoms with Crippen LogP contribution in [0.3, 0.4) is 0 Å². The minimum Gasteiger partial charge on any atom is -0.463 e. The highest BCUT2D eigenvalue weighted by Crippen LogP contribution is 2.20. The molecule has 0 amide bonds. The van der Waals surface area contributed by atoms with Crippen LogP contribution in [0.15, 0.2) is 17.7 Å². The number of methoxy groups -OCH3 is 1. The number of nitrogens with zero attached hydrogens (tertiary/aromatic N) is 2. The SMILES string of the molecule is COC(=O)c1nc(C)cc(NCCC2=CCCC2)n1. The third-order valence-electron chi connectivity index (χ3n) is 3.11. The molecule has 1 aliphatic rings. The van der Waals surface area contributed by atoms with E-state index in [4.69, 9.17) is 0 Å². The summed E-state index contributed by atoms with van der Waals surface area (Å²) in [7, 11) is 1.33. The maximum absolute atomic E-state index is 11.4. The van der Waals surface area contributed by atoms with Gasteiger partial charge in [0.2, 0.25) is 5.82 Å². The molecule has 0 saturated carbocycles. The van der Waals surface area contributed by atoms with Crippen molar-refractivity contribution in [3.63, 3.8) is 0 Å². The van der Waals surface area contributed by atoms with Gasteiger partial charge < -0.3 is 10.1 Å². The molecule has 0 aliphatic heterocycles. The number of hydrogen-bond acceptors (Lipinski definition) is 5. The largest absolute Gasteiger partial charge is 0.463 e. The zero-order valence-electron chi connectivity index (χ0n) is 11.4. The van der Waals surface area contributed by atoms with Crippen molar-refractivity contribution in [3.05, 3.63) is 29.2 Å². The van der Waals surface area contributed by atoms with Crippen molar-refractivity contribution in [2.24, 2.45) is 0 Å². The van der Waals surface area contributed by atoms with Crippen LogP contribution < -0.4 is 5.32 Å². The average Bonchev–Trinajstić information content (AvgIpc) is 2.90. The number of anilines is 1. The van der Waals surface area contributed by atoms with E-state index in [2.05, 4.69) is 26.1 Å². The van der Waals surface area contributed by atoms with E-state index in [1.807, 2.05) is 13.0 Å². The number of nitrogens with one attached hydrogen (secondary N) is 1. The number of rotatable bonds is 5. The molecule has 0 fully saturated rings. The number of aryl methyl sites for hydroxylation is 1. The van der Waals surface area contributed by atoms with Gasteiger partial charge in [-0.1, -0.05) is 11.6 Å². The van der Waals surface area contributed by atoms with Crippen LogP contribution in [-0.4, -0.2) is 29.6 Å².